The number of halogens is 1. The van der Waals surface area contributed by atoms with E-state index in [1.165, 1.54) is 12.2 Å². The summed E-state index contributed by atoms with van der Waals surface area (Å²) >= 11 is 5.98. The first kappa shape index (κ1) is 18.2. The van der Waals surface area contributed by atoms with Gasteiger partial charge in [0.2, 0.25) is 5.91 Å². The van der Waals surface area contributed by atoms with E-state index in [1.807, 2.05) is 19.1 Å². The van der Waals surface area contributed by atoms with Crippen LogP contribution < -0.4 is 0 Å². The molecule has 0 fully saturated rings. The maximum absolute atomic E-state index is 12.0. The fraction of sp³-hybridized carbons (Fsp3) is 0.278. The lowest BCUT2D eigenvalue weighted by Gasteiger charge is -2.12. The molecule has 26 heavy (non-hydrogen) atoms. The van der Waals surface area contributed by atoms with Crippen LogP contribution in [-0.4, -0.2) is 39.7 Å². The molecule has 2 heterocycles. The number of aryl methyl sites for hydroxylation is 2. The van der Waals surface area contributed by atoms with Crippen molar-refractivity contribution in [3.63, 3.8) is 0 Å². The number of hydroxylamine groups is 2. The fourth-order valence-corrected chi connectivity index (χ4v) is 2.63. The van der Waals surface area contributed by atoms with Gasteiger partial charge in [-0.25, -0.2) is 10.0 Å². The first-order chi connectivity index (χ1) is 12.5. The standard InChI is InChI=1S/C18H19ClN4O3/c1-12-20-10-11-23(12)18-21-17(13-4-6-14(19)7-5-13)15(26-18)8-9-16(24)22(2)25-3/h4-7,10-11H,8-9H2,1-3H3. The quantitative estimate of drug-likeness (QED) is 0.618. The van der Waals surface area contributed by atoms with Crippen molar-refractivity contribution in [2.45, 2.75) is 19.8 Å². The first-order valence-electron chi connectivity index (χ1n) is 8.06. The van der Waals surface area contributed by atoms with Crippen molar-refractivity contribution in [1.29, 1.82) is 0 Å². The van der Waals surface area contributed by atoms with Gasteiger partial charge >= 0.3 is 6.01 Å². The number of hydrogen-bond acceptors (Lipinski definition) is 5. The Morgan fingerprint density at radius 1 is 1.35 bits per heavy atom. The molecule has 0 N–H and O–H groups in total. The third kappa shape index (κ3) is 3.79. The fourth-order valence-electron chi connectivity index (χ4n) is 2.50. The van der Waals surface area contributed by atoms with E-state index in [9.17, 15) is 4.79 Å². The summed E-state index contributed by atoms with van der Waals surface area (Å²) in [6.07, 6.45) is 4.09. The van der Waals surface area contributed by atoms with Crippen LogP contribution in [0, 0.1) is 6.92 Å². The Kier molecular flexibility index (Phi) is 5.39. The molecule has 7 nitrogen and oxygen atoms in total. The lowest BCUT2D eigenvalue weighted by molar-refractivity contribution is -0.168. The minimum absolute atomic E-state index is 0.147. The van der Waals surface area contributed by atoms with Crippen LogP contribution in [0.2, 0.25) is 5.02 Å². The molecule has 0 bridgehead atoms. The zero-order valence-electron chi connectivity index (χ0n) is 14.8. The SMILES string of the molecule is CON(C)C(=O)CCc1oc(-n2ccnc2C)nc1-c1ccc(Cl)cc1. The smallest absolute Gasteiger partial charge is 0.307 e. The van der Waals surface area contributed by atoms with Gasteiger partial charge in [-0.3, -0.25) is 14.2 Å². The molecular weight excluding hydrogens is 356 g/mol. The van der Waals surface area contributed by atoms with E-state index in [0.717, 1.165) is 11.4 Å². The summed E-state index contributed by atoms with van der Waals surface area (Å²) in [7, 11) is 3.02. The van der Waals surface area contributed by atoms with Gasteiger partial charge in [-0.15, -0.1) is 0 Å². The summed E-state index contributed by atoms with van der Waals surface area (Å²) < 4.78 is 7.71. The van der Waals surface area contributed by atoms with Gasteiger partial charge in [0.15, 0.2) is 0 Å². The van der Waals surface area contributed by atoms with Crippen molar-refractivity contribution in [3.05, 3.63) is 53.3 Å². The molecule has 0 saturated heterocycles. The number of nitrogens with zero attached hydrogens (tertiary/aromatic N) is 4. The number of rotatable bonds is 6. The molecule has 3 aromatic rings. The van der Waals surface area contributed by atoms with Crippen LogP contribution in [0.3, 0.4) is 0 Å². The van der Waals surface area contributed by atoms with Crippen LogP contribution in [-0.2, 0) is 16.1 Å². The van der Waals surface area contributed by atoms with Crippen molar-refractivity contribution in [1.82, 2.24) is 19.6 Å². The molecule has 0 spiro atoms. The van der Waals surface area contributed by atoms with Gasteiger partial charge in [-0.1, -0.05) is 23.7 Å². The van der Waals surface area contributed by atoms with Crippen LogP contribution >= 0.6 is 11.6 Å². The summed E-state index contributed by atoms with van der Waals surface area (Å²) in [6.45, 7) is 1.86. The summed E-state index contributed by atoms with van der Waals surface area (Å²) in [5, 5.41) is 1.83. The van der Waals surface area contributed by atoms with Gasteiger partial charge in [0.05, 0.1) is 7.11 Å². The van der Waals surface area contributed by atoms with Crippen LogP contribution in [0.1, 0.15) is 18.0 Å². The third-order valence-corrected chi connectivity index (χ3v) is 4.28. The van der Waals surface area contributed by atoms with Crippen LogP contribution in [0.25, 0.3) is 17.3 Å². The highest BCUT2D eigenvalue weighted by Crippen LogP contribution is 2.28. The second kappa shape index (κ2) is 7.72. The molecule has 8 heteroatoms. The highest BCUT2D eigenvalue weighted by Gasteiger charge is 2.19. The Bertz CT molecular complexity index is 902. The van der Waals surface area contributed by atoms with Crippen molar-refractivity contribution >= 4 is 17.5 Å². The molecule has 0 aliphatic heterocycles. The Morgan fingerprint density at radius 3 is 2.69 bits per heavy atom. The second-order valence-electron chi connectivity index (χ2n) is 5.69. The number of aromatic nitrogens is 3. The molecule has 0 radical (unpaired) electrons. The Hall–Kier alpha value is -2.64. The van der Waals surface area contributed by atoms with Gasteiger partial charge < -0.3 is 4.42 Å². The minimum atomic E-state index is -0.147. The topological polar surface area (TPSA) is 73.4 Å². The highest BCUT2D eigenvalue weighted by atomic mass is 35.5. The van der Waals surface area contributed by atoms with Crippen molar-refractivity contribution in [3.8, 4) is 17.3 Å². The average Bonchev–Trinajstić information content (AvgIpc) is 3.25. The van der Waals surface area contributed by atoms with E-state index < -0.39 is 0 Å². The number of benzene rings is 1. The van der Waals surface area contributed by atoms with E-state index in [1.54, 1.807) is 36.1 Å². The number of hydrogen-bond donors (Lipinski definition) is 0. The molecule has 1 aromatic carbocycles. The predicted molar refractivity (Wildman–Crippen MR) is 96.9 cm³/mol. The maximum Gasteiger partial charge on any atom is 0.307 e. The molecule has 0 unspecified atom stereocenters. The largest absolute Gasteiger partial charge is 0.427 e. The lowest BCUT2D eigenvalue weighted by Crippen LogP contribution is -2.25. The Balaban J connectivity index is 1.95. The number of oxazole rings is 1. The first-order valence-corrected chi connectivity index (χ1v) is 8.44. The van der Waals surface area contributed by atoms with Gasteiger partial charge in [-0.05, 0) is 19.1 Å². The summed E-state index contributed by atoms with van der Waals surface area (Å²) in [5.41, 5.74) is 1.54. The van der Waals surface area contributed by atoms with Crippen LogP contribution in [0.5, 0.6) is 0 Å². The van der Waals surface area contributed by atoms with Gasteiger partial charge in [-0.2, -0.15) is 4.98 Å². The minimum Gasteiger partial charge on any atom is -0.427 e. The van der Waals surface area contributed by atoms with Crippen LogP contribution in [0.15, 0.2) is 41.1 Å². The highest BCUT2D eigenvalue weighted by molar-refractivity contribution is 6.30. The van der Waals surface area contributed by atoms with E-state index in [0.29, 0.717) is 28.9 Å². The molecule has 0 aliphatic carbocycles. The molecule has 2 aromatic heterocycles. The Labute approximate surface area is 156 Å². The Morgan fingerprint density at radius 2 is 2.08 bits per heavy atom. The number of amides is 1. The zero-order chi connectivity index (χ0) is 18.7. The molecule has 0 aliphatic rings. The maximum atomic E-state index is 12.0. The summed E-state index contributed by atoms with van der Waals surface area (Å²) in [6, 6.07) is 7.74. The van der Waals surface area contributed by atoms with Crippen LogP contribution in [0.4, 0.5) is 0 Å². The van der Waals surface area contributed by atoms with Crippen molar-refractivity contribution in [2.75, 3.05) is 14.2 Å². The monoisotopic (exact) mass is 374 g/mol. The summed E-state index contributed by atoms with van der Waals surface area (Å²) in [5.74, 6) is 1.23. The van der Waals surface area contributed by atoms with Crippen molar-refractivity contribution < 1.29 is 14.0 Å². The van der Waals surface area contributed by atoms with E-state index >= 15 is 0 Å². The third-order valence-electron chi connectivity index (χ3n) is 4.03. The van der Waals surface area contributed by atoms with Gasteiger partial charge in [0.25, 0.3) is 0 Å². The molecule has 136 valence electrons. The van der Waals surface area contributed by atoms with Gasteiger partial charge in [0.1, 0.15) is 17.3 Å². The van der Waals surface area contributed by atoms with E-state index in [-0.39, 0.29) is 12.3 Å². The van der Waals surface area contributed by atoms with Crippen molar-refractivity contribution in [2.24, 2.45) is 0 Å². The number of carbonyl (C=O) groups excluding carboxylic acids is 1. The van der Waals surface area contributed by atoms with E-state index in [2.05, 4.69) is 9.97 Å². The molecule has 3 rings (SSSR count). The zero-order valence-corrected chi connectivity index (χ0v) is 15.5. The second-order valence-corrected chi connectivity index (χ2v) is 6.13. The molecule has 0 atom stereocenters. The summed E-state index contributed by atoms with van der Waals surface area (Å²) in [4.78, 5) is 25.8. The number of carbonyl (C=O) groups is 1. The lowest BCUT2D eigenvalue weighted by atomic mass is 10.1. The molecular formula is C18H19ClN4O3. The number of imidazole rings is 1. The average molecular weight is 375 g/mol. The van der Waals surface area contributed by atoms with Gasteiger partial charge in [0, 0.05) is 42.9 Å². The molecule has 1 amide bonds. The predicted octanol–water partition coefficient (Wildman–Crippen LogP) is 3.44. The normalized spacial score (nSPS) is 10.9. The van der Waals surface area contributed by atoms with E-state index in [4.69, 9.17) is 20.9 Å². The molecule has 0 saturated carbocycles.